The van der Waals surface area contributed by atoms with Crippen molar-refractivity contribution >= 4 is 21.5 Å². The highest BCUT2D eigenvalue weighted by atomic mass is 32.2. The molecule has 6 nitrogen and oxygen atoms in total. The van der Waals surface area contributed by atoms with Crippen LogP contribution in [0.3, 0.4) is 0 Å². The lowest BCUT2D eigenvalue weighted by Crippen LogP contribution is -2.08. The number of rotatable bonds is 4. The summed E-state index contributed by atoms with van der Waals surface area (Å²) in [5.41, 5.74) is 5.51. The van der Waals surface area contributed by atoms with Crippen molar-refractivity contribution < 1.29 is 8.42 Å². The monoisotopic (exact) mass is 230 g/mol. The van der Waals surface area contributed by atoms with E-state index in [9.17, 15) is 8.42 Å². The van der Waals surface area contributed by atoms with Gasteiger partial charge in [0.05, 0.1) is 0 Å². The Labute approximate surface area is 88.2 Å². The normalized spacial score (nSPS) is 16.6. The van der Waals surface area contributed by atoms with E-state index in [0.717, 1.165) is 12.8 Å². The quantitative estimate of drug-likeness (QED) is 0.686. The molecule has 0 unspecified atom stereocenters. The van der Waals surface area contributed by atoms with Gasteiger partial charge < -0.3 is 11.1 Å². The molecule has 7 heteroatoms. The topological polar surface area (TPSA) is 101 Å². The van der Waals surface area contributed by atoms with Crippen molar-refractivity contribution in [2.75, 3.05) is 23.9 Å². The van der Waals surface area contributed by atoms with E-state index < -0.39 is 9.84 Å². The lowest BCUT2D eigenvalue weighted by Gasteiger charge is -2.03. The Morgan fingerprint density at radius 1 is 1.60 bits per heavy atom. The maximum absolute atomic E-state index is 11.4. The molecular weight excluding hydrogens is 216 g/mol. The first-order valence-corrected chi connectivity index (χ1v) is 6.65. The van der Waals surface area contributed by atoms with Crippen LogP contribution in [0.5, 0.6) is 0 Å². The highest BCUT2D eigenvalue weighted by molar-refractivity contribution is 7.91. The number of nitrogens with one attached hydrogen (secondary N) is 2. The van der Waals surface area contributed by atoms with Crippen molar-refractivity contribution in [3.63, 3.8) is 0 Å². The van der Waals surface area contributed by atoms with Gasteiger partial charge in [-0.25, -0.2) is 8.42 Å². The molecule has 0 aliphatic heterocycles. The third-order valence-electron chi connectivity index (χ3n) is 2.37. The summed E-state index contributed by atoms with van der Waals surface area (Å²) in [6.07, 6.45) is 3.51. The molecule has 0 spiro atoms. The zero-order valence-corrected chi connectivity index (χ0v) is 9.26. The second kappa shape index (κ2) is 3.41. The first kappa shape index (κ1) is 10.3. The van der Waals surface area contributed by atoms with Crippen LogP contribution in [-0.2, 0) is 9.84 Å². The molecule has 0 aromatic carbocycles. The molecule has 0 amide bonds. The van der Waals surface area contributed by atoms with E-state index in [2.05, 4.69) is 15.5 Å². The summed E-state index contributed by atoms with van der Waals surface area (Å²) in [6.45, 7) is 0.757. The molecule has 0 atom stereocenters. The van der Waals surface area contributed by atoms with Crippen molar-refractivity contribution in [1.29, 1.82) is 0 Å². The van der Waals surface area contributed by atoms with E-state index in [1.54, 1.807) is 0 Å². The SMILES string of the molecule is CS(=O)(=O)c1c(NCC2CC2)n[nH]c1N. The van der Waals surface area contributed by atoms with E-state index in [1.807, 2.05) is 0 Å². The number of sulfone groups is 1. The first-order chi connectivity index (χ1) is 6.98. The lowest BCUT2D eigenvalue weighted by atomic mass is 10.4. The average molecular weight is 230 g/mol. The number of aromatic amines is 1. The van der Waals surface area contributed by atoms with E-state index >= 15 is 0 Å². The van der Waals surface area contributed by atoms with Crippen LogP contribution in [0.1, 0.15) is 12.8 Å². The molecule has 1 heterocycles. The zero-order valence-electron chi connectivity index (χ0n) is 8.45. The molecule has 15 heavy (non-hydrogen) atoms. The minimum Gasteiger partial charge on any atom is -0.383 e. The standard InChI is InChI=1S/C8H14N4O2S/c1-15(13,14)6-7(9)11-12-8(6)10-4-5-2-3-5/h5H,2-4H2,1H3,(H4,9,10,11,12). The maximum atomic E-state index is 11.4. The van der Waals surface area contributed by atoms with E-state index in [4.69, 9.17) is 5.73 Å². The van der Waals surface area contributed by atoms with Gasteiger partial charge in [0.15, 0.2) is 20.6 Å². The summed E-state index contributed by atoms with van der Waals surface area (Å²) < 4.78 is 22.8. The average Bonchev–Trinajstić information content (AvgIpc) is 2.85. The van der Waals surface area contributed by atoms with Crippen molar-refractivity contribution in [2.45, 2.75) is 17.7 Å². The summed E-state index contributed by atoms with van der Waals surface area (Å²) >= 11 is 0. The van der Waals surface area contributed by atoms with Gasteiger partial charge in [0, 0.05) is 12.8 Å². The number of anilines is 2. The molecule has 1 saturated carbocycles. The van der Waals surface area contributed by atoms with Crippen LogP contribution < -0.4 is 11.1 Å². The summed E-state index contributed by atoms with van der Waals surface area (Å²) in [4.78, 5) is 0.0724. The summed E-state index contributed by atoms with van der Waals surface area (Å²) in [5, 5.41) is 9.32. The predicted octanol–water partition coefficient (Wildman–Crippen LogP) is 0.217. The van der Waals surface area contributed by atoms with Crippen LogP contribution in [0.25, 0.3) is 0 Å². The molecule has 2 rings (SSSR count). The highest BCUT2D eigenvalue weighted by Crippen LogP contribution is 2.30. The lowest BCUT2D eigenvalue weighted by molar-refractivity contribution is 0.602. The minimum atomic E-state index is -3.33. The molecule has 0 bridgehead atoms. The van der Waals surface area contributed by atoms with Crippen LogP contribution >= 0.6 is 0 Å². The summed E-state index contributed by atoms with van der Waals surface area (Å²) in [7, 11) is -3.33. The molecule has 1 aromatic rings. The Kier molecular flexibility index (Phi) is 2.34. The van der Waals surface area contributed by atoms with Crippen molar-refractivity contribution in [3.8, 4) is 0 Å². The molecule has 0 radical (unpaired) electrons. The van der Waals surface area contributed by atoms with E-state index in [1.165, 1.54) is 12.8 Å². The van der Waals surface area contributed by atoms with Crippen LogP contribution in [0.2, 0.25) is 0 Å². The van der Waals surface area contributed by atoms with Crippen LogP contribution in [0.4, 0.5) is 11.6 Å². The number of H-pyrrole nitrogens is 1. The van der Waals surface area contributed by atoms with Gasteiger partial charge in [-0.05, 0) is 18.8 Å². The smallest absolute Gasteiger partial charge is 0.182 e. The fourth-order valence-corrected chi connectivity index (χ4v) is 2.32. The molecule has 0 saturated heterocycles. The Morgan fingerprint density at radius 3 is 2.80 bits per heavy atom. The minimum absolute atomic E-state index is 0.0724. The van der Waals surface area contributed by atoms with Gasteiger partial charge in [0.2, 0.25) is 0 Å². The number of nitrogen functional groups attached to an aromatic ring is 1. The Bertz CT molecular complexity index is 461. The van der Waals surface area contributed by atoms with Gasteiger partial charge in [0.25, 0.3) is 0 Å². The van der Waals surface area contributed by atoms with Gasteiger partial charge >= 0.3 is 0 Å². The Balaban J connectivity index is 2.22. The third-order valence-corrected chi connectivity index (χ3v) is 3.53. The van der Waals surface area contributed by atoms with Gasteiger partial charge in [-0.2, -0.15) is 5.10 Å². The Morgan fingerprint density at radius 2 is 2.27 bits per heavy atom. The van der Waals surface area contributed by atoms with Gasteiger partial charge in [-0.1, -0.05) is 0 Å². The van der Waals surface area contributed by atoms with Gasteiger partial charge in [-0.15, -0.1) is 0 Å². The molecule has 1 aliphatic rings. The van der Waals surface area contributed by atoms with Crippen LogP contribution in [-0.4, -0.2) is 31.4 Å². The second-order valence-corrected chi connectivity index (χ2v) is 5.86. The number of aromatic nitrogens is 2. The summed E-state index contributed by atoms with van der Waals surface area (Å²) in [5.74, 6) is 1.08. The number of nitrogens with two attached hydrogens (primary N) is 1. The molecule has 4 N–H and O–H groups in total. The maximum Gasteiger partial charge on any atom is 0.182 e. The first-order valence-electron chi connectivity index (χ1n) is 4.76. The zero-order chi connectivity index (χ0) is 11.1. The number of nitrogens with zero attached hydrogens (tertiary/aromatic N) is 1. The third kappa shape index (κ3) is 2.23. The van der Waals surface area contributed by atoms with Crippen LogP contribution in [0, 0.1) is 5.92 Å². The molecule has 1 aliphatic carbocycles. The molecular formula is C8H14N4O2S. The fourth-order valence-electron chi connectivity index (χ4n) is 1.40. The van der Waals surface area contributed by atoms with Crippen LogP contribution in [0.15, 0.2) is 4.90 Å². The highest BCUT2D eigenvalue weighted by Gasteiger charge is 2.24. The predicted molar refractivity (Wildman–Crippen MR) is 57.3 cm³/mol. The van der Waals surface area contributed by atoms with Crippen molar-refractivity contribution in [3.05, 3.63) is 0 Å². The van der Waals surface area contributed by atoms with Crippen molar-refractivity contribution in [2.24, 2.45) is 5.92 Å². The Hall–Kier alpha value is -1.24. The summed E-state index contributed by atoms with van der Waals surface area (Å²) in [6, 6.07) is 0. The number of hydrogen-bond donors (Lipinski definition) is 3. The molecule has 1 fully saturated rings. The van der Waals surface area contributed by atoms with Gasteiger partial charge in [-0.3, -0.25) is 5.10 Å². The molecule has 84 valence electrons. The molecule has 1 aromatic heterocycles. The largest absolute Gasteiger partial charge is 0.383 e. The fraction of sp³-hybridized carbons (Fsp3) is 0.625. The van der Waals surface area contributed by atoms with E-state index in [0.29, 0.717) is 11.7 Å². The van der Waals surface area contributed by atoms with Gasteiger partial charge in [0.1, 0.15) is 5.82 Å². The second-order valence-electron chi connectivity index (χ2n) is 3.91. The van der Waals surface area contributed by atoms with E-state index in [-0.39, 0.29) is 10.7 Å². The number of hydrogen-bond acceptors (Lipinski definition) is 5. The van der Waals surface area contributed by atoms with Crippen molar-refractivity contribution in [1.82, 2.24) is 10.2 Å².